The zero-order valence-electron chi connectivity index (χ0n) is 19.6. The fourth-order valence-corrected chi connectivity index (χ4v) is 4.78. The van der Waals surface area contributed by atoms with Gasteiger partial charge in [-0.1, -0.05) is 66.2 Å². The number of benzene rings is 3. The Morgan fingerprint density at radius 2 is 1.66 bits per heavy atom. The van der Waals surface area contributed by atoms with Gasteiger partial charge in [0.05, 0.1) is 6.54 Å². The molecule has 7 heteroatoms. The lowest BCUT2D eigenvalue weighted by molar-refractivity contribution is 0.0946. The van der Waals surface area contributed by atoms with E-state index in [1.54, 1.807) is 0 Å². The Kier molecular flexibility index (Phi) is 7.07. The summed E-state index contributed by atoms with van der Waals surface area (Å²) in [5, 5.41) is 5.70. The molecule has 0 saturated heterocycles. The molecule has 0 fully saturated rings. The van der Waals surface area contributed by atoms with Crippen LogP contribution in [0, 0.1) is 6.92 Å². The predicted molar refractivity (Wildman–Crippen MR) is 136 cm³/mol. The van der Waals surface area contributed by atoms with Gasteiger partial charge < -0.3 is 14.8 Å². The van der Waals surface area contributed by atoms with Crippen LogP contribution in [0.1, 0.15) is 37.7 Å². The molecule has 6 nitrogen and oxygen atoms in total. The van der Waals surface area contributed by atoms with E-state index in [0.29, 0.717) is 18.8 Å². The van der Waals surface area contributed by atoms with Crippen LogP contribution in [0.4, 0.5) is 0 Å². The van der Waals surface area contributed by atoms with Crippen molar-refractivity contribution in [2.24, 2.45) is 0 Å². The Hall–Kier alpha value is -3.68. The molecule has 1 aliphatic rings. The number of aromatic nitrogens is 1. The molecule has 1 aromatic heterocycles. The van der Waals surface area contributed by atoms with Crippen LogP contribution in [0.3, 0.4) is 0 Å². The third-order valence-electron chi connectivity index (χ3n) is 5.81. The van der Waals surface area contributed by atoms with Gasteiger partial charge in [0.25, 0.3) is 5.91 Å². The minimum Gasteiger partial charge on any atom is -0.454 e. The number of carbonyl (C=O) groups is 1. The summed E-state index contributed by atoms with van der Waals surface area (Å²) in [6.45, 7) is 4.97. The molecule has 178 valence electrons. The molecule has 1 amide bonds. The van der Waals surface area contributed by atoms with Crippen LogP contribution in [-0.2, 0) is 26.2 Å². The summed E-state index contributed by atoms with van der Waals surface area (Å²) in [6.07, 6.45) is 0. The standard InChI is InChI=1S/C28H27N3O3S/c1-20-7-9-22(10-8-20)15-31(16-23-11-12-25-26(13-23)34-19-33-25)17-27-30-24(18-35-27)28(32)29-14-21-5-3-2-4-6-21/h2-13,18H,14-17,19H2,1H3,(H,29,32). The average molecular weight is 486 g/mol. The number of nitrogens with zero attached hydrogens (tertiary/aromatic N) is 2. The highest BCUT2D eigenvalue weighted by Gasteiger charge is 2.17. The molecule has 2 heterocycles. The maximum Gasteiger partial charge on any atom is 0.271 e. The molecule has 5 rings (SSSR count). The van der Waals surface area contributed by atoms with Crippen molar-refractivity contribution < 1.29 is 14.3 Å². The van der Waals surface area contributed by atoms with Crippen molar-refractivity contribution in [2.45, 2.75) is 33.1 Å². The monoisotopic (exact) mass is 485 g/mol. The number of nitrogens with one attached hydrogen (secondary N) is 1. The van der Waals surface area contributed by atoms with E-state index in [0.717, 1.165) is 40.7 Å². The van der Waals surface area contributed by atoms with Crippen LogP contribution >= 0.6 is 11.3 Å². The number of rotatable bonds is 9. The van der Waals surface area contributed by atoms with Crippen molar-refractivity contribution in [3.8, 4) is 11.5 Å². The van der Waals surface area contributed by atoms with Crippen molar-refractivity contribution in [1.82, 2.24) is 15.2 Å². The van der Waals surface area contributed by atoms with Crippen molar-refractivity contribution in [2.75, 3.05) is 6.79 Å². The maximum absolute atomic E-state index is 12.6. The second-order valence-corrected chi connectivity index (χ2v) is 9.56. The van der Waals surface area contributed by atoms with Crippen LogP contribution in [0.25, 0.3) is 0 Å². The summed E-state index contributed by atoms with van der Waals surface area (Å²) in [5.74, 6) is 1.41. The van der Waals surface area contributed by atoms with E-state index in [9.17, 15) is 4.79 Å². The second-order valence-electron chi connectivity index (χ2n) is 8.61. The topological polar surface area (TPSA) is 63.7 Å². The van der Waals surface area contributed by atoms with Crippen LogP contribution in [0.2, 0.25) is 0 Å². The van der Waals surface area contributed by atoms with Gasteiger partial charge in [-0.3, -0.25) is 9.69 Å². The van der Waals surface area contributed by atoms with Crippen LogP contribution in [-0.4, -0.2) is 22.6 Å². The fourth-order valence-electron chi connectivity index (χ4n) is 3.96. The molecule has 1 aliphatic heterocycles. The van der Waals surface area contributed by atoms with Gasteiger partial charge in [0.15, 0.2) is 11.5 Å². The quantitative estimate of drug-likeness (QED) is 0.348. The molecule has 0 unspecified atom stereocenters. The number of aryl methyl sites for hydroxylation is 1. The average Bonchev–Trinajstić information content (AvgIpc) is 3.54. The van der Waals surface area contributed by atoms with E-state index >= 15 is 0 Å². The normalized spacial score (nSPS) is 12.2. The van der Waals surface area contributed by atoms with E-state index in [2.05, 4.69) is 52.5 Å². The molecule has 0 saturated carbocycles. The number of thiazole rings is 1. The zero-order valence-corrected chi connectivity index (χ0v) is 20.4. The van der Waals surface area contributed by atoms with E-state index in [1.807, 2.05) is 47.8 Å². The maximum atomic E-state index is 12.6. The lowest BCUT2D eigenvalue weighted by Gasteiger charge is -2.22. The Balaban J connectivity index is 1.28. The number of carbonyl (C=O) groups excluding carboxylic acids is 1. The third-order valence-corrected chi connectivity index (χ3v) is 6.64. The van der Waals surface area contributed by atoms with Crippen molar-refractivity contribution in [3.05, 3.63) is 111 Å². The molecule has 4 aromatic rings. The smallest absolute Gasteiger partial charge is 0.271 e. The van der Waals surface area contributed by atoms with Gasteiger partial charge in [0.2, 0.25) is 6.79 Å². The summed E-state index contributed by atoms with van der Waals surface area (Å²) < 4.78 is 11.0. The number of hydrogen-bond acceptors (Lipinski definition) is 6. The summed E-state index contributed by atoms with van der Waals surface area (Å²) in [4.78, 5) is 19.6. The molecule has 35 heavy (non-hydrogen) atoms. The molecule has 3 aromatic carbocycles. The SMILES string of the molecule is Cc1ccc(CN(Cc2ccc3c(c2)OCO3)Cc2nc(C(=O)NCc3ccccc3)cs2)cc1. The van der Waals surface area contributed by atoms with Gasteiger partial charge >= 0.3 is 0 Å². The highest BCUT2D eigenvalue weighted by Crippen LogP contribution is 2.33. The summed E-state index contributed by atoms with van der Waals surface area (Å²) in [5.41, 5.74) is 5.12. The lowest BCUT2D eigenvalue weighted by atomic mass is 10.1. The first-order valence-electron chi connectivity index (χ1n) is 11.6. The Labute approximate surface area is 209 Å². The summed E-state index contributed by atoms with van der Waals surface area (Å²) in [6, 6.07) is 24.5. The van der Waals surface area contributed by atoms with E-state index in [1.165, 1.54) is 22.5 Å². The summed E-state index contributed by atoms with van der Waals surface area (Å²) in [7, 11) is 0. The first-order valence-corrected chi connectivity index (χ1v) is 12.4. The van der Waals surface area contributed by atoms with Gasteiger partial charge in [-0.15, -0.1) is 11.3 Å². The molecule has 0 radical (unpaired) electrons. The van der Waals surface area contributed by atoms with Gasteiger partial charge in [0.1, 0.15) is 10.7 Å². The minimum absolute atomic E-state index is 0.155. The Bertz CT molecular complexity index is 1290. The van der Waals surface area contributed by atoms with Crippen LogP contribution in [0.5, 0.6) is 11.5 Å². The van der Waals surface area contributed by atoms with Gasteiger partial charge in [0, 0.05) is 25.0 Å². The minimum atomic E-state index is -0.155. The van der Waals surface area contributed by atoms with Crippen LogP contribution in [0.15, 0.2) is 78.2 Å². The zero-order chi connectivity index (χ0) is 24.0. The number of amides is 1. The van der Waals surface area contributed by atoms with E-state index in [4.69, 9.17) is 9.47 Å². The fraction of sp³-hybridized carbons (Fsp3) is 0.214. The predicted octanol–water partition coefficient (Wildman–Crippen LogP) is 5.31. The summed E-state index contributed by atoms with van der Waals surface area (Å²) >= 11 is 1.51. The van der Waals surface area contributed by atoms with Gasteiger partial charge in [-0.25, -0.2) is 4.98 Å². The molecule has 0 bridgehead atoms. The number of hydrogen-bond donors (Lipinski definition) is 1. The number of ether oxygens (including phenoxy) is 2. The lowest BCUT2D eigenvalue weighted by Crippen LogP contribution is -2.24. The number of fused-ring (bicyclic) bond motifs is 1. The third kappa shape index (κ3) is 6.07. The molecule has 0 spiro atoms. The molecule has 0 atom stereocenters. The van der Waals surface area contributed by atoms with Crippen LogP contribution < -0.4 is 14.8 Å². The first-order chi connectivity index (χ1) is 17.1. The largest absolute Gasteiger partial charge is 0.454 e. The van der Waals surface area contributed by atoms with E-state index < -0.39 is 0 Å². The van der Waals surface area contributed by atoms with Gasteiger partial charge in [-0.2, -0.15) is 0 Å². The van der Waals surface area contributed by atoms with Crippen molar-refractivity contribution >= 4 is 17.2 Å². The Morgan fingerprint density at radius 3 is 2.49 bits per heavy atom. The first kappa shape index (κ1) is 23.1. The molecular weight excluding hydrogens is 458 g/mol. The molecule has 1 N–H and O–H groups in total. The Morgan fingerprint density at radius 1 is 0.914 bits per heavy atom. The highest BCUT2D eigenvalue weighted by molar-refractivity contribution is 7.09. The van der Waals surface area contributed by atoms with E-state index in [-0.39, 0.29) is 12.7 Å². The molecule has 0 aliphatic carbocycles. The highest BCUT2D eigenvalue weighted by atomic mass is 32.1. The molecular formula is C28H27N3O3S. The van der Waals surface area contributed by atoms with Crippen molar-refractivity contribution in [3.63, 3.8) is 0 Å². The van der Waals surface area contributed by atoms with Crippen molar-refractivity contribution in [1.29, 1.82) is 0 Å². The van der Waals surface area contributed by atoms with Gasteiger partial charge in [-0.05, 0) is 35.7 Å². The second kappa shape index (κ2) is 10.7.